The maximum atomic E-state index is 8.86. The lowest BCUT2D eigenvalue weighted by Gasteiger charge is -2.24. The molecule has 0 aromatic carbocycles. The molecule has 2 saturated carbocycles. The molecule has 0 N–H and O–H groups in total. The van der Waals surface area contributed by atoms with E-state index in [0.29, 0.717) is 5.69 Å². The van der Waals surface area contributed by atoms with Gasteiger partial charge in [-0.15, -0.1) is 0 Å². The summed E-state index contributed by atoms with van der Waals surface area (Å²) in [6.45, 7) is 1.17. The average Bonchev–Trinajstić information content (AvgIpc) is 3.16. The first-order valence-corrected chi connectivity index (χ1v) is 5.99. The summed E-state index contributed by atoms with van der Waals surface area (Å²) in [7, 11) is 0. The number of pyridine rings is 1. The molecule has 0 saturated heterocycles. The zero-order valence-electron chi connectivity index (χ0n) is 9.26. The van der Waals surface area contributed by atoms with Gasteiger partial charge in [-0.2, -0.15) is 5.26 Å². The molecule has 1 aromatic heterocycles. The lowest BCUT2D eigenvalue weighted by atomic mass is 10.2. The fraction of sp³-hybridized carbons (Fsp3) is 0.538. The number of hydrogen-bond acceptors (Lipinski definition) is 3. The van der Waals surface area contributed by atoms with Gasteiger partial charge in [0.05, 0.1) is 0 Å². The number of nitriles is 1. The van der Waals surface area contributed by atoms with Crippen molar-refractivity contribution in [1.82, 2.24) is 4.98 Å². The van der Waals surface area contributed by atoms with Crippen LogP contribution in [0.3, 0.4) is 0 Å². The van der Waals surface area contributed by atoms with Gasteiger partial charge in [-0.25, -0.2) is 4.98 Å². The van der Waals surface area contributed by atoms with Crippen molar-refractivity contribution in [2.45, 2.75) is 31.7 Å². The second-order valence-corrected chi connectivity index (χ2v) is 4.84. The number of nitrogens with zero attached hydrogens (tertiary/aromatic N) is 3. The molecule has 2 fully saturated rings. The quantitative estimate of drug-likeness (QED) is 0.770. The fourth-order valence-corrected chi connectivity index (χ4v) is 2.09. The highest BCUT2D eigenvalue weighted by Gasteiger charge is 2.33. The number of aromatic nitrogens is 1. The van der Waals surface area contributed by atoms with Crippen LogP contribution in [-0.2, 0) is 0 Å². The van der Waals surface area contributed by atoms with Gasteiger partial charge in [0, 0.05) is 24.5 Å². The zero-order chi connectivity index (χ0) is 11.0. The third kappa shape index (κ3) is 2.01. The molecule has 16 heavy (non-hydrogen) atoms. The van der Waals surface area contributed by atoms with Crippen LogP contribution in [0, 0.1) is 17.2 Å². The Bertz CT molecular complexity index is 427. The lowest BCUT2D eigenvalue weighted by Crippen LogP contribution is -2.28. The Morgan fingerprint density at radius 3 is 2.81 bits per heavy atom. The normalized spacial score (nSPS) is 19.2. The summed E-state index contributed by atoms with van der Waals surface area (Å²) in [4.78, 5) is 6.50. The molecule has 0 amide bonds. The van der Waals surface area contributed by atoms with Gasteiger partial charge >= 0.3 is 0 Å². The van der Waals surface area contributed by atoms with Crippen molar-refractivity contribution < 1.29 is 0 Å². The largest absolute Gasteiger partial charge is 0.368 e. The molecular formula is C13H15N3. The Morgan fingerprint density at radius 2 is 2.19 bits per heavy atom. The molecule has 0 aliphatic heterocycles. The molecule has 0 atom stereocenters. The topological polar surface area (TPSA) is 39.9 Å². The maximum absolute atomic E-state index is 8.86. The SMILES string of the molecule is N#Cc1cc(N(CC2CC2)C2CC2)ccn1. The van der Waals surface area contributed by atoms with Crippen molar-refractivity contribution in [1.29, 1.82) is 5.26 Å². The van der Waals surface area contributed by atoms with E-state index in [-0.39, 0.29) is 0 Å². The summed E-state index contributed by atoms with van der Waals surface area (Å²) in [6.07, 6.45) is 7.10. The first-order chi connectivity index (χ1) is 7.86. The minimum atomic E-state index is 0.527. The molecule has 82 valence electrons. The van der Waals surface area contributed by atoms with Gasteiger partial charge in [0.2, 0.25) is 0 Å². The van der Waals surface area contributed by atoms with Gasteiger partial charge in [-0.3, -0.25) is 0 Å². The van der Waals surface area contributed by atoms with Gasteiger partial charge < -0.3 is 4.90 Å². The summed E-state index contributed by atoms with van der Waals surface area (Å²) in [5, 5.41) is 8.86. The van der Waals surface area contributed by atoms with E-state index < -0.39 is 0 Å². The molecule has 2 aliphatic rings. The summed E-state index contributed by atoms with van der Waals surface area (Å²) in [5.41, 5.74) is 1.71. The molecule has 0 bridgehead atoms. The van der Waals surface area contributed by atoms with Gasteiger partial charge in [-0.05, 0) is 43.7 Å². The minimum Gasteiger partial charge on any atom is -0.368 e. The average molecular weight is 213 g/mol. The molecule has 1 heterocycles. The van der Waals surface area contributed by atoms with Gasteiger partial charge in [0.25, 0.3) is 0 Å². The van der Waals surface area contributed by atoms with Crippen molar-refractivity contribution >= 4 is 5.69 Å². The van der Waals surface area contributed by atoms with Crippen LogP contribution in [0.5, 0.6) is 0 Å². The van der Waals surface area contributed by atoms with Gasteiger partial charge in [0.15, 0.2) is 0 Å². The van der Waals surface area contributed by atoms with Crippen LogP contribution < -0.4 is 4.90 Å². The van der Waals surface area contributed by atoms with Crippen LogP contribution in [0.4, 0.5) is 5.69 Å². The highest BCUT2D eigenvalue weighted by molar-refractivity contribution is 5.51. The van der Waals surface area contributed by atoms with Crippen LogP contribution in [0.1, 0.15) is 31.4 Å². The molecule has 2 aliphatic carbocycles. The van der Waals surface area contributed by atoms with E-state index in [1.807, 2.05) is 12.1 Å². The minimum absolute atomic E-state index is 0.527. The van der Waals surface area contributed by atoms with E-state index >= 15 is 0 Å². The second kappa shape index (κ2) is 3.79. The second-order valence-electron chi connectivity index (χ2n) is 4.84. The highest BCUT2D eigenvalue weighted by Crippen LogP contribution is 2.37. The van der Waals surface area contributed by atoms with Crippen LogP contribution in [0.2, 0.25) is 0 Å². The van der Waals surface area contributed by atoms with E-state index in [1.165, 1.54) is 37.9 Å². The van der Waals surface area contributed by atoms with E-state index in [0.717, 1.165) is 12.0 Å². The van der Waals surface area contributed by atoms with Gasteiger partial charge in [0.1, 0.15) is 11.8 Å². The predicted molar refractivity (Wildman–Crippen MR) is 62.0 cm³/mol. The highest BCUT2D eigenvalue weighted by atomic mass is 15.2. The number of anilines is 1. The Morgan fingerprint density at radius 1 is 1.38 bits per heavy atom. The third-order valence-corrected chi connectivity index (χ3v) is 3.33. The fourth-order valence-electron chi connectivity index (χ4n) is 2.09. The van der Waals surface area contributed by atoms with E-state index in [2.05, 4.69) is 16.0 Å². The van der Waals surface area contributed by atoms with E-state index in [1.54, 1.807) is 6.20 Å². The Hall–Kier alpha value is -1.56. The summed E-state index contributed by atoms with van der Waals surface area (Å²) < 4.78 is 0. The number of rotatable bonds is 4. The molecule has 3 nitrogen and oxygen atoms in total. The summed E-state index contributed by atoms with van der Waals surface area (Å²) >= 11 is 0. The predicted octanol–water partition coefficient (Wildman–Crippen LogP) is 2.33. The van der Waals surface area contributed by atoms with Crippen molar-refractivity contribution in [3.8, 4) is 6.07 Å². The van der Waals surface area contributed by atoms with Crippen molar-refractivity contribution in [2.24, 2.45) is 5.92 Å². The first kappa shape index (κ1) is 9.65. The Kier molecular flexibility index (Phi) is 2.28. The molecule has 0 spiro atoms. The van der Waals surface area contributed by atoms with E-state index in [4.69, 9.17) is 5.26 Å². The van der Waals surface area contributed by atoms with Crippen LogP contribution in [0.15, 0.2) is 18.3 Å². The third-order valence-electron chi connectivity index (χ3n) is 3.33. The van der Waals surface area contributed by atoms with Crippen molar-refractivity contribution in [3.05, 3.63) is 24.0 Å². The van der Waals surface area contributed by atoms with Crippen molar-refractivity contribution in [2.75, 3.05) is 11.4 Å². The smallest absolute Gasteiger partial charge is 0.142 e. The van der Waals surface area contributed by atoms with Crippen LogP contribution in [-0.4, -0.2) is 17.6 Å². The Labute approximate surface area is 95.7 Å². The molecule has 1 aromatic rings. The maximum Gasteiger partial charge on any atom is 0.142 e. The molecule has 3 rings (SSSR count). The monoisotopic (exact) mass is 213 g/mol. The lowest BCUT2D eigenvalue weighted by molar-refractivity contribution is 0.718. The number of hydrogen-bond donors (Lipinski definition) is 0. The standard InChI is InChI=1S/C13H15N3/c14-8-11-7-13(5-6-15-11)16(12-3-4-12)9-10-1-2-10/h5-7,10,12H,1-4,9H2. The van der Waals surface area contributed by atoms with E-state index in [9.17, 15) is 0 Å². The van der Waals surface area contributed by atoms with Crippen LogP contribution in [0.25, 0.3) is 0 Å². The summed E-state index contributed by atoms with van der Waals surface area (Å²) in [6, 6.07) is 6.78. The Balaban J connectivity index is 1.82. The van der Waals surface area contributed by atoms with Crippen molar-refractivity contribution in [3.63, 3.8) is 0 Å². The molecular weight excluding hydrogens is 198 g/mol. The zero-order valence-corrected chi connectivity index (χ0v) is 9.26. The first-order valence-electron chi connectivity index (χ1n) is 5.99. The van der Waals surface area contributed by atoms with Crippen LogP contribution >= 0.6 is 0 Å². The van der Waals surface area contributed by atoms with Gasteiger partial charge in [-0.1, -0.05) is 0 Å². The molecule has 0 unspecified atom stereocenters. The summed E-state index contributed by atoms with van der Waals surface area (Å²) in [5.74, 6) is 0.888. The molecule has 3 heteroatoms. The molecule has 0 radical (unpaired) electrons.